The third-order valence-corrected chi connectivity index (χ3v) is 8.20. The predicted octanol–water partition coefficient (Wildman–Crippen LogP) is 3.56. The van der Waals surface area contributed by atoms with Crippen LogP contribution in [0.5, 0.6) is 0 Å². The topological polar surface area (TPSA) is 165 Å². The minimum atomic E-state index is -2.55. The lowest BCUT2D eigenvalue weighted by molar-refractivity contribution is -0.150. The molecule has 1 aliphatic rings. The summed E-state index contributed by atoms with van der Waals surface area (Å²) in [5.74, 6) is -4.46. The van der Waals surface area contributed by atoms with Crippen LogP contribution in [-0.4, -0.2) is 51.8 Å². The molecular weight excluding hydrogens is 598 g/mol. The second kappa shape index (κ2) is 15.6. The fourth-order valence-corrected chi connectivity index (χ4v) is 5.83. The van der Waals surface area contributed by atoms with E-state index in [0.29, 0.717) is 17.5 Å². The molecular formula is C37H41N3O7. The Morgan fingerprint density at radius 1 is 0.894 bits per heavy atom. The van der Waals surface area contributed by atoms with Crippen LogP contribution in [0.3, 0.4) is 0 Å². The highest BCUT2D eigenvalue weighted by Gasteiger charge is 2.65. The molecule has 0 saturated heterocycles. The molecule has 0 aliphatic heterocycles. The largest absolute Gasteiger partial charge is 0.457 e. The Hall–Kier alpha value is -4.93. The van der Waals surface area contributed by atoms with E-state index in [2.05, 4.69) is 10.6 Å². The van der Waals surface area contributed by atoms with Gasteiger partial charge in [-0.2, -0.15) is 0 Å². The predicted molar refractivity (Wildman–Crippen MR) is 176 cm³/mol. The van der Waals surface area contributed by atoms with Crippen molar-refractivity contribution >= 4 is 35.0 Å². The Bertz CT molecular complexity index is 1620. The Balaban J connectivity index is 2.00. The van der Waals surface area contributed by atoms with E-state index in [-0.39, 0.29) is 30.6 Å². The van der Waals surface area contributed by atoms with Crippen LogP contribution in [0.2, 0.25) is 0 Å². The van der Waals surface area contributed by atoms with Crippen LogP contribution in [0.4, 0.5) is 0 Å². The van der Waals surface area contributed by atoms with Crippen LogP contribution < -0.4 is 16.4 Å². The summed E-state index contributed by atoms with van der Waals surface area (Å²) in [4.78, 5) is 69.5. The van der Waals surface area contributed by atoms with E-state index in [1.807, 2.05) is 6.92 Å². The molecule has 1 aliphatic carbocycles. The molecule has 5 N–H and O–H groups in total. The maximum atomic E-state index is 14.7. The molecule has 10 heteroatoms. The van der Waals surface area contributed by atoms with Crippen LogP contribution in [0.1, 0.15) is 62.6 Å². The number of ketones is 1. The van der Waals surface area contributed by atoms with Gasteiger partial charge in [0.15, 0.2) is 11.3 Å². The van der Waals surface area contributed by atoms with Crippen LogP contribution >= 0.6 is 0 Å². The molecule has 47 heavy (non-hydrogen) atoms. The minimum Gasteiger partial charge on any atom is -0.457 e. The first-order valence-electron chi connectivity index (χ1n) is 15.7. The number of imide groups is 1. The van der Waals surface area contributed by atoms with Crippen molar-refractivity contribution in [2.75, 3.05) is 0 Å². The molecule has 0 radical (unpaired) electrons. The summed E-state index contributed by atoms with van der Waals surface area (Å²) in [7, 11) is 0. The molecule has 0 fully saturated rings. The number of nitrogens with two attached hydrogens (primary N) is 1. The van der Waals surface area contributed by atoms with Gasteiger partial charge in [0.25, 0.3) is 5.91 Å². The van der Waals surface area contributed by atoms with Crippen molar-refractivity contribution < 1.29 is 33.8 Å². The molecule has 0 bridgehead atoms. The molecule has 3 atom stereocenters. The van der Waals surface area contributed by atoms with Crippen molar-refractivity contribution in [3.8, 4) is 0 Å². The molecule has 0 saturated carbocycles. The van der Waals surface area contributed by atoms with Crippen molar-refractivity contribution in [2.45, 2.75) is 76.2 Å². The minimum absolute atomic E-state index is 0.00328. The zero-order valence-electron chi connectivity index (χ0n) is 26.7. The second-order valence-corrected chi connectivity index (χ2v) is 11.8. The number of rotatable bonds is 13. The quantitative estimate of drug-likeness (QED) is 0.125. The number of amides is 3. The molecule has 1 unspecified atom stereocenters. The van der Waals surface area contributed by atoms with Gasteiger partial charge in [0.1, 0.15) is 17.8 Å². The van der Waals surface area contributed by atoms with E-state index in [9.17, 15) is 29.1 Å². The fourth-order valence-electron chi connectivity index (χ4n) is 5.83. The van der Waals surface area contributed by atoms with Gasteiger partial charge in [-0.15, -0.1) is 0 Å². The standard InChI is InChI=1S/C37H41N3O7/c1-3-4-8-21-30(42)39-35(45)37(40-33(43)25(2)38)32(28-19-13-7-14-20-28)31(34(44)47-24-27-17-11-6-12-18-27)29(41)23-36(37,46)22-26-15-9-5-10-16-26/h5-7,9-20,25,46H,3-4,8,21-24,38H2,1-2H3,(H,40,43)(H,39,42,45)/t25-,36+,37?/m0/s1. The van der Waals surface area contributed by atoms with Crippen molar-refractivity contribution in [1.29, 1.82) is 0 Å². The monoisotopic (exact) mass is 639 g/mol. The Morgan fingerprint density at radius 2 is 1.47 bits per heavy atom. The Labute approximate surface area is 274 Å². The highest BCUT2D eigenvalue weighted by Crippen LogP contribution is 2.47. The number of Topliss-reactive ketones (excluding diaryl/α,β-unsaturated/α-hetero) is 1. The number of carbonyl (C=O) groups excluding carboxylic acids is 5. The summed E-state index contributed by atoms with van der Waals surface area (Å²) in [5.41, 5.74) is 1.60. The van der Waals surface area contributed by atoms with E-state index in [1.165, 1.54) is 6.92 Å². The van der Waals surface area contributed by atoms with Gasteiger partial charge in [-0.1, -0.05) is 111 Å². The first-order valence-corrected chi connectivity index (χ1v) is 15.7. The van der Waals surface area contributed by atoms with Gasteiger partial charge in [0.05, 0.1) is 6.04 Å². The van der Waals surface area contributed by atoms with Crippen molar-refractivity contribution in [3.63, 3.8) is 0 Å². The molecule has 0 heterocycles. The molecule has 4 rings (SSSR count). The summed E-state index contributed by atoms with van der Waals surface area (Å²) in [6.45, 7) is 3.18. The molecule has 3 amide bonds. The summed E-state index contributed by atoms with van der Waals surface area (Å²) in [6.07, 6.45) is 1.02. The summed E-state index contributed by atoms with van der Waals surface area (Å²) in [6, 6.07) is 24.3. The Kier molecular flexibility index (Phi) is 11.6. The lowest BCUT2D eigenvalue weighted by Gasteiger charge is -2.50. The van der Waals surface area contributed by atoms with Crippen LogP contribution in [0.15, 0.2) is 96.6 Å². The number of esters is 1. The van der Waals surface area contributed by atoms with E-state index in [1.54, 1.807) is 91.0 Å². The van der Waals surface area contributed by atoms with Crippen molar-refractivity contribution in [2.24, 2.45) is 5.73 Å². The number of unbranched alkanes of at least 4 members (excludes halogenated alkanes) is 2. The summed E-state index contributed by atoms with van der Waals surface area (Å²) < 4.78 is 5.61. The molecule has 3 aromatic carbocycles. The number of ether oxygens (including phenoxy) is 1. The first kappa shape index (κ1) is 34.9. The Morgan fingerprint density at radius 3 is 2.04 bits per heavy atom. The van der Waals surface area contributed by atoms with Crippen molar-refractivity contribution in [1.82, 2.24) is 10.6 Å². The van der Waals surface area contributed by atoms with Crippen LogP contribution in [0, 0.1) is 0 Å². The zero-order chi connectivity index (χ0) is 34.0. The van der Waals surface area contributed by atoms with Gasteiger partial charge in [-0.25, -0.2) is 4.79 Å². The number of hydrogen-bond donors (Lipinski definition) is 4. The number of hydrogen-bond acceptors (Lipinski definition) is 8. The van der Waals surface area contributed by atoms with Gasteiger partial charge < -0.3 is 20.9 Å². The zero-order valence-corrected chi connectivity index (χ0v) is 26.7. The van der Waals surface area contributed by atoms with Gasteiger partial charge in [0, 0.05) is 24.8 Å². The lowest BCUT2D eigenvalue weighted by Crippen LogP contribution is -2.76. The smallest absolute Gasteiger partial charge is 0.342 e. The van der Waals surface area contributed by atoms with E-state index in [0.717, 1.165) is 12.8 Å². The molecule has 3 aromatic rings. The number of nitrogens with one attached hydrogen (secondary N) is 2. The van der Waals surface area contributed by atoms with E-state index in [4.69, 9.17) is 10.5 Å². The van der Waals surface area contributed by atoms with Crippen LogP contribution in [0.25, 0.3) is 5.57 Å². The third-order valence-electron chi connectivity index (χ3n) is 8.20. The maximum absolute atomic E-state index is 14.7. The van der Waals surface area contributed by atoms with Crippen molar-refractivity contribution in [3.05, 3.63) is 113 Å². The molecule has 10 nitrogen and oxygen atoms in total. The normalized spacial score (nSPS) is 19.9. The van der Waals surface area contributed by atoms with Crippen LogP contribution in [-0.2, 0) is 41.7 Å². The molecule has 246 valence electrons. The maximum Gasteiger partial charge on any atom is 0.342 e. The SMILES string of the molecule is CCCCCC(=O)NC(=O)C1(NC(=O)[C@H](C)N)C(c2ccccc2)=C(C(=O)OCc2ccccc2)C(=O)C[C@]1(O)Cc1ccccc1. The van der Waals surface area contributed by atoms with E-state index >= 15 is 0 Å². The summed E-state index contributed by atoms with van der Waals surface area (Å²) in [5, 5.41) is 17.8. The highest BCUT2D eigenvalue weighted by atomic mass is 16.5. The average Bonchev–Trinajstić information content (AvgIpc) is 3.05. The molecule has 0 spiro atoms. The highest BCUT2D eigenvalue weighted by molar-refractivity contribution is 6.29. The number of carbonyl (C=O) groups is 5. The third kappa shape index (κ3) is 7.90. The van der Waals surface area contributed by atoms with Gasteiger partial charge in [-0.05, 0) is 30.0 Å². The fraction of sp³-hybridized carbons (Fsp3) is 0.324. The van der Waals surface area contributed by atoms with E-state index < -0.39 is 58.6 Å². The van der Waals surface area contributed by atoms with Gasteiger partial charge in [-0.3, -0.25) is 24.5 Å². The van der Waals surface area contributed by atoms with Gasteiger partial charge >= 0.3 is 5.97 Å². The molecule has 0 aromatic heterocycles. The average molecular weight is 640 g/mol. The first-order chi connectivity index (χ1) is 22.5. The lowest BCUT2D eigenvalue weighted by atomic mass is 9.60. The number of benzene rings is 3. The number of aliphatic hydroxyl groups is 1. The summed E-state index contributed by atoms with van der Waals surface area (Å²) >= 11 is 0. The van der Waals surface area contributed by atoms with Gasteiger partial charge in [0.2, 0.25) is 11.8 Å². The second-order valence-electron chi connectivity index (χ2n) is 11.8.